The minimum absolute atomic E-state index is 0.00114. The van der Waals surface area contributed by atoms with Crippen molar-refractivity contribution in [2.24, 2.45) is 11.7 Å². The van der Waals surface area contributed by atoms with Gasteiger partial charge in [0.15, 0.2) is 0 Å². The Bertz CT molecular complexity index is 375. The summed E-state index contributed by atoms with van der Waals surface area (Å²) >= 11 is 0. The fraction of sp³-hybridized carbons (Fsp3) is 0.941. The highest BCUT2D eigenvalue weighted by atomic mass is 19.1. The maximum Gasteiger partial charge on any atom is 0.219 e. The van der Waals surface area contributed by atoms with Crippen molar-refractivity contribution in [3.63, 3.8) is 0 Å². The van der Waals surface area contributed by atoms with Crippen molar-refractivity contribution >= 4 is 5.91 Å². The Morgan fingerprint density at radius 2 is 1.91 bits per heavy atom. The van der Waals surface area contributed by atoms with Crippen LogP contribution in [0.5, 0.6) is 0 Å². The van der Waals surface area contributed by atoms with Gasteiger partial charge in [0, 0.05) is 19.5 Å². The number of hydrogen-bond donors (Lipinski definition) is 1. The lowest BCUT2D eigenvalue weighted by atomic mass is 9.79. The van der Waals surface area contributed by atoms with Gasteiger partial charge in [-0.25, -0.2) is 4.39 Å². The number of carbonyl (C=O) groups is 1. The van der Waals surface area contributed by atoms with E-state index in [-0.39, 0.29) is 30.0 Å². The molecule has 5 heteroatoms. The lowest BCUT2D eigenvalue weighted by Crippen LogP contribution is -2.56. The highest BCUT2D eigenvalue weighted by Gasteiger charge is 2.35. The van der Waals surface area contributed by atoms with Crippen molar-refractivity contribution in [3.8, 4) is 0 Å². The van der Waals surface area contributed by atoms with Gasteiger partial charge in [0.05, 0.1) is 18.8 Å². The Morgan fingerprint density at radius 1 is 1.27 bits per heavy atom. The van der Waals surface area contributed by atoms with E-state index in [1.54, 1.807) is 20.8 Å². The molecule has 0 aromatic heterocycles. The predicted molar refractivity (Wildman–Crippen MR) is 85.3 cm³/mol. The third-order valence-electron chi connectivity index (χ3n) is 5.38. The van der Waals surface area contributed by atoms with Crippen molar-refractivity contribution in [2.75, 3.05) is 13.2 Å². The number of nitrogens with two attached hydrogens (primary N) is 1. The normalized spacial score (nSPS) is 33.8. The van der Waals surface area contributed by atoms with Gasteiger partial charge < -0.3 is 15.4 Å². The molecule has 1 aliphatic heterocycles. The summed E-state index contributed by atoms with van der Waals surface area (Å²) < 4.78 is 20.0. The minimum Gasteiger partial charge on any atom is -0.376 e. The Hall–Kier alpha value is -0.680. The number of hydrogen-bond acceptors (Lipinski definition) is 3. The quantitative estimate of drug-likeness (QED) is 0.868. The number of carbonyl (C=O) groups excluding carboxylic acids is 1. The zero-order valence-electron chi connectivity index (χ0n) is 14.2. The van der Waals surface area contributed by atoms with E-state index in [1.165, 1.54) is 0 Å². The summed E-state index contributed by atoms with van der Waals surface area (Å²) in [7, 11) is 0. The third-order valence-corrected chi connectivity index (χ3v) is 5.38. The van der Waals surface area contributed by atoms with Gasteiger partial charge in [-0.2, -0.15) is 0 Å². The van der Waals surface area contributed by atoms with Gasteiger partial charge in [-0.1, -0.05) is 0 Å². The van der Waals surface area contributed by atoms with E-state index >= 15 is 0 Å². The SMILES string of the molecule is CC(=O)N1CCCC(N)C1COC1CCC(C(C)(C)F)CC1. The highest BCUT2D eigenvalue weighted by molar-refractivity contribution is 5.73. The molecule has 2 unspecified atom stereocenters. The molecule has 2 fully saturated rings. The molecule has 0 bridgehead atoms. The molecule has 1 amide bonds. The molecule has 128 valence electrons. The third kappa shape index (κ3) is 4.42. The molecule has 2 N–H and O–H groups in total. The van der Waals surface area contributed by atoms with Crippen molar-refractivity contribution in [2.45, 2.75) is 83.2 Å². The van der Waals surface area contributed by atoms with E-state index in [0.29, 0.717) is 6.61 Å². The summed E-state index contributed by atoms with van der Waals surface area (Å²) in [5, 5.41) is 0. The van der Waals surface area contributed by atoms with Gasteiger partial charge in [0.25, 0.3) is 0 Å². The minimum atomic E-state index is -1.10. The molecule has 2 aliphatic rings. The van der Waals surface area contributed by atoms with Gasteiger partial charge in [-0.15, -0.1) is 0 Å². The van der Waals surface area contributed by atoms with Crippen molar-refractivity contribution in [3.05, 3.63) is 0 Å². The van der Waals surface area contributed by atoms with Crippen LogP contribution in [0.1, 0.15) is 59.3 Å². The summed E-state index contributed by atoms with van der Waals surface area (Å²) in [4.78, 5) is 13.6. The summed E-state index contributed by atoms with van der Waals surface area (Å²) in [6.07, 6.45) is 5.65. The number of rotatable bonds is 4. The van der Waals surface area contributed by atoms with Gasteiger partial charge in [-0.3, -0.25) is 4.79 Å². The first-order valence-electron chi connectivity index (χ1n) is 8.62. The van der Waals surface area contributed by atoms with Crippen LogP contribution in [-0.2, 0) is 9.53 Å². The van der Waals surface area contributed by atoms with Crippen LogP contribution < -0.4 is 5.73 Å². The number of nitrogens with zero attached hydrogens (tertiary/aromatic N) is 1. The maximum absolute atomic E-state index is 14.0. The van der Waals surface area contributed by atoms with Crippen LogP contribution in [0.4, 0.5) is 4.39 Å². The first-order chi connectivity index (χ1) is 10.3. The smallest absolute Gasteiger partial charge is 0.219 e. The monoisotopic (exact) mass is 314 g/mol. The summed E-state index contributed by atoms with van der Waals surface area (Å²) in [5.41, 5.74) is 5.08. The van der Waals surface area contributed by atoms with Gasteiger partial charge in [0.2, 0.25) is 5.91 Å². The van der Waals surface area contributed by atoms with Crippen LogP contribution >= 0.6 is 0 Å². The van der Waals surface area contributed by atoms with E-state index in [2.05, 4.69) is 0 Å². The molecule has 22 heavy (non-hydrogen) atoms. The average Bonchev–Trinajstić information content (AvgIpc) is 2.45. The molecule has 1 heterocycles. The lowest BCUT2D eigenvalue weighted by molar-refractivity contribution is -0.136. The molecule has 0 spiro atoms. The molecule has 1 aliphatic carbocycles. The fourth-order valence-electron chi connectivity index (χ4n) is 3.84. The zero-order valence-corrected chi connectivity index (χ0v) is 14.2. The molecule has 0 aromatic carbocycles. The molecule has 1 saturated heterocycles. The van der Waals surface area contributed by atoms with E-state index in [9.17, 15) is 9.18 Å². The van der Waals surface area contributed by atoms with Crippen LogP contribution in [0.2, 0.25) is 0 Å². The topological polar surface area (TPSA) is 55.6 Å². The number of halogens is 1. The zero-order chi connectivity index (χ0) is 16.3. The Kier molecular flexibility index (Phi) is 5.83. The van der Waals surface area contributed by atoms with E-state index in [0.717, 1.165) is 45.1 Å². The molecule has 0 radical (unpaired) electrons. The fourth-order valence-corrected chi connectivity index (χ4v) is 3.84. The van der Waals surface area contributed by atoms with Crippen molar-refractivity contribution < 1.29 is 13.9 Å². The molecule has 4 nitrogen and oxygen atoms in total. The second-order valence-electron chi connectivity index (χ2n) is 7.46. The van der Waals surface area contributed by atoms with Crippen LogP contribution in [-0.4, -0.2) is 47.8 Å². The first kappa shape index (κ1) is 17.7. The van der Waals surface area contributed by atoms with Gasteiger partial charge >= 0.3 is 0 Å². The second-order valence-corrected chi connectivity index (χ2v) is 7.46. The first-order valence-corrected chi connectivity index (χ1v) is 8.62. The molecule has 2 rings (SSSR count). The van der Waals surface area contributed by atoms with Crippen molar-refractivity contribution in [1.82, 2.24) is 4.90 Å². The molecular formula is C17H31FN2O2. The average molecular weight is 314 g/mol. The molecule has 2 atom stereocenters. The number of ether oxygens (including phenoxy) is 1. The molecule has 0 aromatic rings. The summed E-state index contributed by atoms with van der Waals surface area (Å²) in [5.74, 6) is 0.213. The van der Waals surface area contributed by atoms with Crippen molar-refractivity contribution in [1.29, 1.82) is 0 Å². The van der Waals surface area contributed by atoms with E-state index < -0.39 is 5.67 Å². The summed E-state index contributed by atoms with van der Waals surface area (Å²) in [6, 6.07) is -0.0136. The Labute approximate surface area is 133 Å². The second kappa shape index (κ2) is 7.26. The summed E-state index contributed by atoms with van der Waals surface area (Å²) in [6.45, 7) is 6.23. The van der Waals surface area contributed by atoms with E-state index in [1.807, 2.05) is 4.90 Å². The largest absolute Gasteiger partial charge is 0.376 e. The molecule has 1 saturated carbocycles. The highest BCUT2D eigenvalue weighted by Crippen LogP contribution is 2.36. The Balaban J connectivity index is 1.81. The standard InChI is InChI=1S/C17H31FN2O2/c1-12(21)20-10-4-5-15(19)16(20)11-22-14-8-6-13(7-9-14)17(2,3)18/h13-16H,4-11,19H2,1-3H3. The van der Waals surface area contributed by atoms with Crippen LogP contribution in [0.25, 0.3) is 0 Å². The maximum atomic E-state index is 14.0. The van der Waals surface area contributed by atoms with Crippen LogP contribution in [0.3, 0.4) is 0 Å². The van der Waals surface area contributed by atoms with Gasteiger partial charge in [-0.05, 0) is 58.3 Å². The predicted octanol–water partition coefficient (Wildman–Crippen LogP) is 2.65. The van der Waals surface area contributed by atoms with Gasteiger partial charge in [0.1, 0.15) is 5.67 Å². The van der Waals surface area contributed by atoms with Crippen LogP contribution in [0, 0.1) is 5.92 Å². The number of piperidine rings is 1. The number of likely N-dealkylation sites (tertiary alicyclic amines) is 1. The lowest BCUT2D eigenvalue weighted by Gasteiger charge is -2.40. The molecular weight excluding hydrogens is 283 g/mol. The van der Waals surface area contributed by atoms with E-state index in [4.69, 9.17) is 10.5 Å². The van der Waals surface area contributed by atoms with Crippen LogP contribution in [0.15, 0.2) is 0 Å². The number of alkyl halides is 1. The Morgan fingerprint density at radius 3 is 2.45 bits per heavy atom. The number of amides is 1.